The van der Waals surface area contributed by atoms with Crippen LogP contribution in [0.4, 0.5) is 0 Å². The third kappa shape index (κ3) is 5.52. The minimum absolute atomic E-state index is 0.187. The van der Waals surface area contributed by atoms with Gasteiger partial charge in [-0.1, -0.05) is 40.0 Å². The lowest BCUT2D eigenvalue weighted by molar-refractivity contribution is -0.122. The van der Waals surface area contributed by atoms with Gasteiger partial charge >= 0.3 is 0 Å². The summed E-state index contributed by atoms with van der Waals surface area (Å²) in [5.74, 6) is 1.24. The van der Waals surface area contributed by atoms with E-state index in [-0.39, 0.29) is 5.91 Å². The van der Waals surface area contributed by atoms with Gasteiger partial charge in [0.05, 0.1) is 0 Å². The summed E-state index contributed by atoms with van der Waals surface area (Å²) in [7, 11) is 0. The molecule has 0 aromatic heterocycles. The monoisotopic (exact) mass is 268 g/mol. The molecule has 0 aromatic rings. The minimum atomic E-state index is 0.187. The molecule has 1 unspecified atom stereocenters. The van der Waals surface area contributed by atoms with Crippen LogP contribution in [0, 0.1) is 17.3 Å². The summed E-state index contributed by atoms with van der Waals surface area (Å²) in [5.41, 5.74) is 6.03. The smallest absolute Gasteiger partial charge is 0.220 e. The van der Waals surface area contributed by atoms with Gasteiger partial charge in [0.25, 0.3) is 0 Å². The van der Waals surface area contributed by atoms with E-state index >= 15 is 0 Å². The highest BCUT2D eigenvalue weighted by atomic mass is 16.1. The van der Waals surface area contributed by atoms with Crippen LogP contribution in [0.15, 0.2) is 0 Å². The van der Waals surface area contributed by atoms with Gasteiger partial charge in [0, 0.05) is 13.0 Å². The van der Waals surface area contributed by atoms with Gasteiger partial charge < -0.3 is 11.1 Å². The summed E-state index contributed by atoms with van der Waals surface area (Å²) >= 11 is 0. The first kappa shape index (κ1) is 16.5. The van der Waals surface area contributed by atoms with Gasteiger partial charge in [0.15, 0.2) is 0 Å². The topological polar surface area (TPSA) is 55.1 Å². The number of rotatable bonds is 8. The first-order valence-corrected chi connectivity index (χ1v) is 7.98. The molecule has 0 radical (unpaired) electrons. The van der Waals surface area contributed by atoms with Crippen molar-refractivity contribution >= 4 is 5.91 Å². The van der Waals surface area contributed by atoms with Crippen molar-refractivity contribution in [2.24, 2.45) is 23.0 Å². The Kier molecular flexibility index (Phi) is 6.84. The van der Waals surface area contributed by atoms with E-state index in [0.29, 0.717) is 30.2 Å². The van der Waals surface area contributed by atoms with Gasteiger partial charge in [-0.2, -0.15) is 0 Å². The normalized spacial score (nSPS) is 19.6. The molecule has 1 amide bonds. The maximum absolute atomic E-state index is 12.0. The molecule has 1 aliphatic carbocycles. The lowest BCUT2D eigenvalue weighted by Gasteiger charge is -2.31. The van der Waals surface area contributed by atoms with Crippen molar-refractivity contribution in [3.05, 3.63) is 0 Å². The Hall–Kier alpha value is -0.570. The molecule has 0 spiro atoms. The fourth-order valence-electron chi connectivity index (χ4n) is 3.46. The quantitative estimate of drug-likeness (QED) is 0.711. The highest BCUT2D eigenvalue weighted by Crippen LogP contribution is 2.42. The van der Waals surface area contributed by atoms with Crippen molar-refractivity contribution in [1.29, 1.82) is 0 Å². The van der Waals surface area contributed by atoms with Crippen molar-refractivity contribution in [3.8, 4) is 0 Å². The molecule has 1 atom stereocenters. The third-order valence-corrected chi connectivity index (χ3v) is 4.55. The van der Waals surface area contributed by atoms with Crippen LogP contribution in [0.2, 0.25) is 0 Å². The molecular weight excluding hydrogens is 236 g/mol. The van der Waals surface area contributed by atoms with Gasteiger partial charge in [-0.3, -0.25) is 4.79 Å². The number of nitrogens with two attached hydrogens (primary N) is 1. The second-order valence-electron chi connectivity index (χ2n) is 6.80. The van der Waals surface area contributed by atoms with E-state index in [4.69, 9.17) is 5.73 Å². The molecule has 0 aliphatic heterocycles. The zero-order chi connectivity index (χ0) is 14.3. The third-order valence-electron chi connectivity index (χ3n) is 4.55. The molecule has 0 saturated heterocycles. The fraction of sp³-hybridized carbons (Fsp3) is 0.938. The molecular formula is C16H32N2O. The summed E-state index contributed by atoms with van der Waals surface area (Å²) < 4.78 is 0. The summed E-state index contributed by atoms with van der Waals surface area (Å²) in [4.78, 5) is 12.0. The van der Waals surface area contributed by atoms with Crippen LogP contribution in [0.5, 0.6) is 0 Å². The maximum Gasteiger partial charge on any atom is 0.220 e. The SMILES string of the molecule is CCC(CN)CC(=O)NCC1(CC(C)C)CCCC1. The average Bonchev–Trinajstić information content (AvgIpc) is 2.81. The van der Waals surface area contributed by atoms with E-state index < -0.39 is 0 Å². The molecule has 1 fully saturated rings. The van der Waals surface area contributed by atoms with E-state index in [9.17, 15) is 4.79 Å². The van der Waals surface area contributed by atoms with E-state index in [0.717, 1.165) is 13.0 Å². The van der Waals surface area contributed by atoms with Crippen LogP contribution < -0.4 is 11.1 Å². The summed E-state index contributed by atoms with van der Waals surface area (Å²) in [6, 6.07) is 0. The van der Waals surface area contributed by atoms with Crippen LogP contribution in [0.1, 0.15) is 65.7 Å². The van der Waals surface area contributed by atoms with E-state index in [2.05, 4.69) is 26.1 Å². The highest BCUT2D eigenvalue weighted by molar-refractivity contribution is 5.76. The molecule has 3 heteroatoms. The van der Waals surface area contributed by atoms with Crippen LogP contribution in [0.25, 0.3) is 0 Å². The Morgan fingerprint density at radius 2 is 1.95 bits per heavy atom. The maximum atomic E-state index is 12.0. The number of hydrogen-bond donors (Lipinski definition) is 2. The first-order valence-electron chi connectivity index (χ1n) is 7.98. The molecule has 1 aliphatic rings. The van der Waals surface area contributed by atoms with E-state index in [1.54, 1.807) is 0 Å². The van der Waals surface area contributed by atoms with Gasteiger partial charge in [0.1, 0.15) is 0 Å². The molecule has 3 nitrogen and oxygen atoms in total. The fourth-order valence-corrected chi connectivity index (χ4v) is 3.46. The van der Waals surface area contributed by atoms with Gasteiger partial charge in [0.2, 0.25) is 5.91 Å². The lowest BCUT2D eigenvalue weighted by atomic mass is 9.78. The molecule has 1 rings (SSSR count). The highest BCUT2D eigenvalue weighted by Gasteiger charge is 2.34. The largest absolute Gasteiger partial charge is 0.356 e. The van der Waals surface area contributed by atoms with E-state index in [1.807, 2.05) is 0 Å². The summed E-state index contributed by atoms with van der Waals surface area (Å²) in [6.07, 6.45) is 8.01. The number of nitrogens with one attached hydrogen (secondary N) is 1. The van der Waals surface area contributed by atoms with Crippen LogP contribution in [0.3, 0.4) is 0 Å². The molecule has 0 aromatic carbocycles. The Labute approximate surface area is 118 Å². The number of hydrogen-bond acceptors (Lipinski definition) is 2. The van der Waals surface area contributed by atoms with Gasteiger partial charge in [-0.05, 0) is 43.1 Å². The Balaban J connectivity index is 2.41. The van der Waals surface area contributed by atoms with Crippen molar-refractivity contribution in [1.82, 2.24) is 5.32 Å². The second kappa shape index (κ2) is 7.88. The number of carbonyl (C=O) groups is 1. The predicted octanol–water partition coefficient (Wildman–Crippen LogP) is 3.08. The Morgan fingerprint density at radius 1 is 1.32 bits per heavy atom. The Bertz CT molecular complexity index is 266. The molecule has 0 heterocycles. The van der Waals surface area contributed by atoms with Gasteiger partial charge in [-0.15, -0.1) is 0 Å². The predicted molar refractivity (Wildman–Crippen MR) is 80.8 cm³/mol. The van der Waals surface area contributed by atoms with Crippen LogP contribution in [-0.4, -0.2) is 19.0 Å². The summed E-state index contributed by atoms with van der Waals surface area (Å²) in [6.45, 7) is 8.14. The van der Waals surface area contributed by atoms with Crippen molar-refractivity contribution < 1.29 is 4.79 Å². The van der Waals surface area contributed by atoms with Crippen molar-refractivity contribution in [2.75, 3.05) is 13.1 Å². The molecule has 3 N–H and O–H groups in total. The zero-order valence-electron chi connectivity index (χ0n) is 13.0. The molecule has 19 heavy (non-hydrogen) atoms. The van der Waals surface area contributed by atoms with E-state index in [1.165, 1.54) is 32.1 Å². The van der Waals surface area contributed by atoms with Crippen LogP contribution >= 0.6 is 0 Å². The Morgan fingerprint density at radius 3 is 2.42 bits per heavy atom. The summed E-state index contributed by atoms with van der Waals surface area (Å²) in [5, 5.41) is 3.18. The molecule has 112 valence electrons. The molecule has 0 bridgehead atoms. The standard InChI is InChI=1S/C16H32N2O/c1-4-14(11-17)9-15(19)18-12-16(10-13(2)3)7-5-6-8-16/h13-14H,4-12,17H2,1-3H3,(H,18,19). The lowest BCUT2D eigenvalue weighted by Crippen LogP contribution is -2.38. The van der Waals surface area contributed by atoms with Crippen molar-refractivity contribution in [2.45, 2.75) is 65.7 Å². The average molecular weight is 268 g/mol. The van der Waals surface area contributed by atoms with Crippen molar-refractivity contribution in [3.63, 3.8) is 0 Å². The number of carbonyl (C=O) groups excluding carboxylic acids is 1. The van der Waals surface area contributed by atoms with Crippen LogP contribution in [-0.2, 0) is 4.79 Å². The second-order valence-corrected chi connectivity index (χ2v) is 6.80. The molecule has 1 saturated carbocycles. The minimum Gasteiger partial charge on any atom is -0.356 e. The number of amides is 1. The first-order chi connectivity index (χ1) is 9.01. The van der Waals surface area contributed by atoms with Gasteiger partial charge in [-0.25, -0.2) is 0 Å². The zero-order valence-corrected chi connectivity index (χ0v) is 13.0.